The SMILES string of the molecule is O=c1[nH]cnc(NCc2ccon2)c1Cl. The Labute approximate surface area is 89.3 Å². The van der Waals surface area contributed by atoms with Gasteiger partial charge in [0.2, 0.25) is 0 Å². The number of rotatable bonds is 3. The summed E-state index contributed by atoms with van der Waals surface area (Å²) < 4.78 is 4.65. The molecule has 6 nitrogen and oxygen atoms in total. The van der Waals surface area contributed by atoms with Crippen LogP contribution in [0.25, 0.3) is 0 Å². The molecule has 0 spiro atoms. The third-order valence-electron chi connectivity index (χ3n) is 1.72. The lowest BCUT2D eigenvalue weighted by atomic mass is 10.4. The number of aromatic amines is 1. The molecule has 0 unspecified atom stereocenters. The van der Waals surface area contributed by atoms with Gasteiger partial charge in [-0.2, -0.15) is 0 Å². The van der Waals surface area contributed by atoms with Gasteiger partial charge in [-0.25, -0.2) is 4.98 Å². The van der Waals surface area contributed by atoms with Gasteiger partial charge in [0.05, 0.1) is 12.9 Å². The zero-order valence-electron chi connectivity index (χ0n) is 7.53. The number of H-pyrrole nitrogens is 1. The Bertz CT molecular complexity index is 494. The van der Waals surface area contributed by atoms with Crippen LogP contribution in [0.5, 0.6) is 0 Å². The topological polar surface area (TPSA) is 83.8 Å². The summed E-state index contributed by atoms with van der Waals surface area (Å²) in [5, 5.41) is 6.59. The Morgan fingerprint density at radius 3 is 3.20 bits per heavy atom. The number of nitrogens with one attached hydrogen (secondary N) is 2. The Morgan fingerprint density at radius 2 is 2.47 bits per heavy atom. The first kappa shape index (κ1) is 9.72. The van der Waals surface area contributed by atoms with Crippen molar-refractivity contribution in [2.24, 2.45) is 0 Å². The van der Waals surface area contributed by atoms with E-state index in [0.717, 1.165) is 0 Å². The van der Waals surface area contributed by atoms with Crippen LogP contribution in [0, 0.1) is 0 Å². The van der Waals surface area contributed by atoms with E-state index < -0.39 is 0 Å². The van der Waals surface area contributed by atoms with Crippen molar-refractivity contribution in [3.63, 3.8) is 0 Å². The van der Waals surface area contributed by atoms with Gasteiger partial charge >= 0.3 is 0 Å². The molecular weight excluding hydrogens is 220 g/mol. The second kappa shape index (κ2) is 4.14. The molecule has 15 heavy (non-hydrogen) atoms. The molecule has 0 radical (unpaired) electrons. The van der Waals surface area contributed by atoms with Crippen molar-refractivity contribution in [1.29, 1.82) is 0 Å². The highest BCUT2D eigenvalue weighted by Gasteiger charge is 2.05. The van der Waals surface area contributed by atoms with Gasteiger partial charge in [-0.3, -0.25) is 4.79 Å². The van der Waals surface area contributed by atoms with Crippen molar-refractivity contribution in [3.05, 3.63) is 39.7 Å². The van der Waals surface area contributed by atoms with Gasteiger partial charge in [0, 0.05) is 6.07 Å². The van der Waals surface area contributed by atoms with Crippen LogP contribution in [0.3, 0.4) is 0 Å². The van der Waals surface area contributed by atoms with Gasteiger partial charge in [-0.1, -0.05) is 16.8 Å². The van der Waals surface area contributed by atoms with Crippen molar-refractivity contribution in [2.45, 2.75) is 6.54 Å². The van der Waals surface area contributed by atoms with Gasteiger partial charge in [0.15, 0.2) is 5.82 Å². The molecule has 0 amide bonds. The Hall–Kier alpha value is -1.82. The van der Waals surface area contributed by atoms with Crippen LogP contribution < -0.4 is 10.9 Å². The minimum Gasteiger partial charge on any atom is -0.364 e. The van der Waals surface area contributed by atoms with Crippen molar-refractivity contribution in [3.8, 4) is 0 Å². The lowest BCUT2D eigenvalue weighted by Crippen LogP contribution is -2.11. The predicted molar refractivity (Wildman–Crippen MR) is 53.7 cm³/mol. The summed E-state index contributed by atoms with van der Waals surface area (Å²) in [5.41, 5.74) is 0.322. The van der Waals surface area contributed by atoms with Crippen molar-refractivity contribution in [2.75, 3.05) is 5.32 Å². The summed E-state index contributed by atoms with van der Waals surface area (Å²) in [5.74, 6) is 0.323. The molecule has 0 saturated heterocycles. The van der Waals surface area contributed by atoms with Crippen LogP contribution in [0.15, 0.2) is 28.0 Å². The van der Waals surface area contributed by atoms with Gasteiger partial charge in [0.25, 0.3) is 5.56 Å². The number of nitrogens with zero attached hydrogens (tertiary/aromatic N) is 2. The molecule has 0 aromatic carbocycles. The maximum absolute atomic E-state index is 11.1. The quantitative estimate of drug-likeness (QED) is 0.817. The minimum absolute atomic E-state index is 0.0287. The van der Waals surface area contributed by atoms with Crippen LogP contribution in [-0.4, -0.2) is 15.1 Å². The third-order valence-corrected chi connectivity index (χ3v) is 2.08. The lowest BCUT2D eigenvalue weighted by Gasteiger charge is -2.03. The molecule has 2 aromatic rings. The highest BCUT2D eigenvalue weighted by Crippen LogP contribution is 2.12. The van der Waals surface area contributed by atoms with E-state index in [1.165, 1.54) is 12.6 Å². The zero-order chi connectivity index (χ0) is 10.7. The normalized spacial score (nSPS) is 10.2. The molecule has 0 aliphatic rings. The Kier molecular flexibility index (Phi) is 2.68. The standard InChI is InChI=1S/C8H7ClN4O2/c9-6-7(11-4-12-8(6)14)10-3-5-1-2-15-13-5/h1-2,4H,3H2,(H2,10,11,12,14). The van der Waals surface area contributed by atoms with Crippen molar-refractivity contribution >= 4 is 17.4 Å². The van der Waals surface area contributed by atoms with E-state index in [9.17, 15) is 4.79 Å². The molecule has 2 rings (SSSR count). The summed E-state index contributed by atoms with van der Waals surface area (Å²) in [4.78, 5) is 17.3. The van der Waals surface area contributed by atoms with E-state index in [1.807, 2.05) is 0 Å². The van der Waals surface area contributed by atoms with E-state index >= 15 is 0 Å². The molecule has 7 heteroatoms. The molecule has 2 N–H and O–H groups in total. The summed E-state index contributed by atoms with van der Waals surface area (Å²) in [7, 11) is 0. The largest absolute Gasteiger partial charge is 0.364 e. The molecule has 2 aromatic heterocycles. The number of anilines is 1. The molecule has 0 aliphatic carbocycles. The Morgan fingerprint density at radius 1 is 1.60 bits per heavy atom. The molecule has 0 atom stereocenters. The van der Waals surface area contributed by atoms with Crippen LogP contribution >= 0.6 is 11.6 Å². The molecule has 0 fully saturated rings. The smallest absolute Gasteiger partial charge is 0.271 e. The second-order valence-electron chi connectivity index (χ2n) is 2.74. The summed E-state index contributed by atoms with van der Waals surface area (Å²) in [6.45, 7) is 0.396. The number of hydrogen-bond acceptors (Lipinski definition) is 5. The summed E-state index contributed by atoms with van der Waals surface area (Å²) in [6.07, 6.45) is 2.74. The number of aromatic nitrogens is 3. The fourth-order valence-electron chi connectivity index (χ4n) is 1.01. The molecule has 0 saturated carbocycles. The van der Waals surface area contributed by atoms with Crippen molar-refractivity contribution < 1.29 is 4.52 Å². The number of hydrogen-bond donors (Lipinski definition) is 2. The van der Waals surface area contributed by atoms with E-state index in [2.05, 4.69) is 25.0 Å². The van der Waals surface area contributed by atoms with Gasteiger partial charge in [-0.15, -0.1) is 0 Å². The molecule has 0 bridgehead atoms. The Balaban J connectivity index is 2.12. The van der Waals surface area contributed by atoms with E-state index in [-0.39, 0.29) is 10.6 Å². The molecule has 78 valence electrons. The first-order valence-electron chi connectivity index (χ1n) is 4.13. The van der Waals surface area contributed by atoms with Crippen LogP contribution in [-0.2, 0) is 6.54 Å². The fraction of sp³-hybridized carbons (Fsp3) is 0.125. The van der Waals surface area contributed by atoms with Crippen LogP contribution in [0.4, 0.5) is 5.82 Å². The molecule has 2 heterocycles. The second-order valence-corrected chi connectivity index (χ2v) is 3.12. The first-order chi connectivity index (χ1) is 7.27. The van der Waals surface area contributed by atoms with Gasteiger partial charge in [0.1, 0.15) is 17.0 Å². The highest BCUT2D eigenvalue weighted by atomic mass is 35.5. The lowest BCUT2D eigenvalue weighted by molar-refractivity contribution is 0.412. The zero-order valence-corrected chi connectivity index (χ0v) is 8.28. The maximum Gasteiger partial charge on any atom is 0.271 e. The van der Waals surface area contributed by atoms with E-state index in [1.54, 1.807) is 6.07 Å². The van der Waals surface area contributed by atoms with Crippen LogP contribution in [0.1, 0.15) is 5.69 Å². The molecule has 0 aliphatic heterocycles. The average molecular weight is 227 g/mol. The number of halogens is 1. The monoisotopic (exact) mass is 226 g/mol. The summed E-state index contributed by atoms with van der Waals surface area (Å²) >= 11 is 5.72. The molecular formula is C8H7ClN4O2. The van der Waals surface area contributed by atoms with E-state index in [4.69, 9.17) is 11.6 Å². The summed E-state index contributed by atoms with van der Waals surface area (Å²) in [6, 6.07) is 1.70. The maximum atomic E-state index is 11.1. The highest BCUT2D eigenvalue weighted by molar-refractivity contribution is 6.32. The minimum atomic E-state index is -0.380. The van der Waals surface area contributed by atoms with Crippen molar-refractivity contribution in [1.82, 2.24) is 15.1 Å². The van der Waals surface area contributed by atoms with Gasteiger partial charge in [-0.05, 0) is 0 Å². The average Bonchev–Trinajstić information content (AvgIpc) is 2.73. The van der Waals surface area contributed by atoms with Gasteiger partial charge < -0.3 is 14.8 Å². The van der Waals surface area contributed by atoms with Crippen LogP contribution in [0.2, 0.25) is 5.02 Å². The fourth-order valence-corrected chi connectivity index (χ4v) is 1.18. The predicted octanol–water partition coefficient (Wildman–Crippen LogP) is 1.02. The first-order valence-corrected chi connectivity index (χ1v) is 4.51. The van der Waals surface area contributed by atoms with E-state index in [0.29, 0.717) is 18.1 Å². The third kappa shape index (κ3) is 2.16.